The zero-order valence-corrected chi connectivity index (χ0v) is 10.1. The Balaban J connectivity index is 2.04. The van der Waals surface area contributed by atoms with Crippen LogP contribution in [0.5, 0.6) is 0 Å². The Hall–Kier alpha value is -2.12. The van der Waals surface area contributed by atoms with Gasteiger partial charge in [-0.1, -0.05) is 23.7 Å². The molecule has 0 amide bonds. The number of rotatable bonds is 3. The lowest BCUT2D eigenvalue weighted by Gasteiger charge is -2.06. The van der Waals surface area contributed by atoms with Crippen molar-refractivity contribution in [1.82, 2.24) is 4.98 Å². The van der Waals surface area contributed by atoms with Gasteiger partial charge in [0.1, 0.15) is 0 Å². The van der Waals surface area contributed by atoms with Gasteiger partial charge in [0.05, 0.1) is 16.7 Å². The zero-order valence-electron chi connectivity index (χ0n) is 9.32. The molecule has 18 heavy (non-hydrogen) atoms. The van der Waals surface area contributed by atoms with Crippen LogP contribution in [0.25, 0.3) is 0 Å². The number of benzene rings is 1. The molecule has 1 aromatic heterocycles. The van der Waals surface area contributed by atoms with Crippen molar-refractivity contribution < 1.29 is 4.39 Å². The number of anilines is 1. The van der Waals surface area contributed by atoms with Gasteiger partial charge >= 0.3 is 0 Å². The molecule has 0 radical (unpaired) electrons. The van der Waals surface area contributed by atoms with Crippen molar-refractivity contribution >= 4 is 17.4 Å². The maximum Gasteiger partial charge on any atom is 0.166 e. The van der Waals surface area contributed by atoms with E-state index in [0.717, 1.165) is 5.56 Å². The molecule has 90 valence electrons. The van der Waals surface area contributed by atoms with E-state index < -0.39 is 5.82 Å². The van der Waals surface area contributed by atoms with E-state index in [0.29, 0.717) is 12.1 Å². The molecule has 2 aromatic rings. The van der Waals surface area contributed by atoms with Gasteiger partial charge in [-0.2, -0.15) is 5.26 Å². The summed E-state index contributed by atoms with van der Waals surface area (Å²) in [6, 6.07) is 10.3. The quantitative estimate of drug-likeness (QED) is 0.922. The minimum Gasteiger partial charge on any atom is -0.364 e. The Morgan fingerprint density at radius 1 is 1.33 bits per heavy atom. The van der Waals surface area contributed by atoms with Gasteiger partial charge in [-0.15, -0.1) is 0 Å². The van der Waals surface area contributed by atoms with Gasteiger partial charge in [0.2, 0.25) is 0 Å². The van der Waals surface area contributed by atoms with Crippen LogP contribution in [-0.2, 0) is 6.54 Å². The van der Waals surface area contributed by atoms with E-state index in [2.05, 4.69) is 10.3 Å². The van der Waals surface area contributed by atoms with Gasteiger partial charge < -0.3 is 5.32 Å². The first kappa shape index (κ1) is 12.3. The number of hydrogen-bond acceptors (Lipinski definition) is 3. The van der Waals surface area contributed by atoms with Crippen molar-refractivity contribution in [2.45, 2.75) is 6.54 Å². The molecule has 0 aliphatic rings. The van der Waals surface area contributed by atoms with E-state index >= 15 is 0 Å². The number of nitrogens with one attached hydrogen (secondary N) is 1. The van der Waals surface area contributed by atoms with Gasteiger partial charge in [-0.3, -0.25) is 0 Å². The second-order valence-electron chi connectivity index (χ2n) is 3.65. The maximum absolute atomic E-state index is 13.4. The lowest BCUT2D eigenvalue weighted by molar-refractivity contribution is 0.624. The normalized spacial score (nSPS) is 9.83. The van der Waals surface area contributed by atoms with Crippen LogP contribution < -0.4 is 5.32 Å². The maximum atomic E-state index is 13.4. The number of nitriles is 1. The predicted molar refractivity (Wildman–Crippen MR) is 67.7 cm³/mol. The molecule has 5 heteroatoms. The van der Waals surface area contributed by atoms with Gasteiger partial charge in [0, 0.05) is 12.7 Å². The summed E-state index contributed by atoms with van der Waals surface area (Å²) in [4.78, 5) is 3.86. The summed E-state index contributed by atoms with van der Waals surface area (Å²) in [7, 11) is 0. The van der Waals surface area contributed by atoms with Crippen molar-refractivity contribution in [2.75, 3.05) is 5.32 Å². The highest BCUT2D eigenvalue weighted by Crippen LogP contribution is 2.16. The molecular formula is C13H9ClFN3. The van der Waals surface area contributed by atoms with E-state index in [-0.39, 0.29) is 10.8 Å². The van der Waals surface area contributed by atoms with E-state index in [9.17, 15) is 4.39 Å². The molecule has 1 aromatic carbocycles. The van der Waals surface area contributed by atoms with E-state index in [1.807, 2.05) is 6.07 Å². The first-order chi connectivity index (χ1) is 8.69. The van der Waals surface area contributed by atoms with Crippen LogP contribution in [0.1, 0.15) is 11.1 Å². The van der Waals surface area contributed by atoms with Crippen LogP contribution in [0.3, 0.4) is 0 Å². The van der Waals surface area contributed by atoms with E-state index in [1.54, 1.807) is 24.3 Å². The van der Waals surface area contributed by atoms with Gasteiger partial charge in [0.25, 0.3) is 0 Å². The fourth-order valence-corrected chi connectivity index (χ4v) is 1.57. The highest BCUT2D eigenvalue weighted by molar-refractivity contribution is 6.30. The molecule has 1 N–H and O–H groups in total. The van der Waals surface area contributed by atoms with Crippen LogP contribution in [0.15, 0.2) is 36.5 Å². The summed E-state index contributed by atoms with van der Waals surface area (Å²) >= 11 is 5.61. The fraction of sp³-hybridized carbons (Fsp3) is 0.0769. The Morgan fingerprint density at radius 3 is 2.67 bits per heavy atom. The van der Waals surface area contributed by atoms with E-state index in [1.165, 1.54) is 12.3 Å². The number of aromatic nitrogens is 1. The highest BCUT2D eigenvalue weighted by atomic mass is 35.5. The molecule has 0 saturated carbocycles. The monoisotopic (exact) mass is 261 g/mol. The average molecular weight is 262 g/mol. The molecule has 2 rings (SSSR count). The van der Waals surface area contributed by atoms with Crippen molar-refractivity contribution in [3.8, 4) is 6.07 Å². The van der Waals surface area contributed by atoms with Crippen molar-refractivity contribution in [1.29, 1.82) is 5.26 Å². The smallest absolute Gasteiger partial charge is 0.166 e. The third kappa shape index (κ3) is 2.96. The molecule has 0 aliphatic carbocycles. The summed E-state index contributed by atoms with van der Waals surface area (Å²) in [6.07, 6.45) is 1.38. The molecule has 0 fully saturated rings. The molecule has 0 aliphatic heterocycles. The summed E-state index contributed by atoms with van der Waals surface area (Å²) in [6.45, 7) is 0.428. The fourth-order valence-electron chi connectivity index (χ4n) is 1.43. The second-order valence-corrected chi connectivity index (χ2v) is 4.08. The summed E-state index contributed by atoms with van der Waals surface area (Å²) < 4.78 is 13.4. The van der Waals surface area contributed by atoms with Crippen molar-refractivity contribution in [2.24, 2.45) is 0 Å². The Bertz CT molecular complexity index is 590. The van der Waals surface area contributed by atoms with Gasteiger partial charge in [0.15, 0.2) is 11.6 Å². The molecule has 0 atom stereocenters. The molecule has 0 spiro atoms. The number of pyridine rings is 1. The largest absolute Gasteiger partial charge is 0.364 e. The van der Waals surface area contributed by atoms with Crippen molar-refractivity contribution in [3.05, 3.63) is 58.5 Å². The molecule has 0 bridgehead atoms. The Labute approximate surface area is 109 Å². The molecular weight excluding hydrogens is 253 g/mol. The lowest BCUT2D eigenvalue weighted by atomic mass is 10.1. The number of halogens is 2. The van der Waals surface area contributed by atoms with E-state index in [4.69, 9.17) is 16.9 Å². The van der Waals surface area contributed by atoms with Gasteiger partial charge in [-0.25, -0.2) is 9.37 Å². The molecule has 3 nitrogen and oxygen atoms in total. The van der Waals surface area contributed by atoms with Crippen LogP contribution in [-0.4, -0.2) is 4.98 Å². The number of hydrogen-bond donors (Lipinski definition) is 1. The first-order valence-electron chi connectivity index (χ1n) is 5.23. The second kappa shape index (κ2) is 5.48. The van der Waals surface area contributed by atoms with Crippen LogP contribution >= 0.6 is 11.6 Å². The average Bonchev–Trinajstić information content (AvgIpc) is 2.38. The lowest BCUT2D eigenvalue weighted by Crippen LogP contribution is -2.03. The molecule has 0 unspecified atom stereocenters. The van der Waals surface area contributed by atoms with Crippen LogP contribution in [0.4, 0.5) is 10.2 Å². The third-order valence-corrected chi connectivity index (χ3v) is 2.56. The van der Waals surface area contributed by atoms with Crippen molar-refractivity contribution in [3.63, 3.8) is 0 Å². The first-order valence-corrected chi connectivity index (χ1v) is 5.61. The third-order valence-electron chi connectivity index (χ3n) is 2.35. The molecule has 1 heterocycles. The summed E-state index contributed by atoms with van der Waals surface area (Å²) in [5, 5.41) is 11.8. The number of nitrogens with zero attached hydrogens (tertiary/aromatic N) is 2. The highest BCUT2D eigenvalue weighted by Gasteiger charge is 2.04. The van der Waals surface area contributed by atoms with Crippen LogP contribution in [0.2, 0.25) is 5.02 Å². The Kier molecular flexibility index (Phi) is 3.75. The zero-order chi connectivity index (χ0) is 13.0. The van der Waals surface area contributed by atoms with Crippen LogP contribution in [0, 0.1) is 17.1 Å². The summed E-state index contributed by atoms with van der Waals surface area (Å²) in [5.74, 6) is -0.333. The molecule has 0 saturated heterocycles. The predicted octanol–water partition coefficient (Wildman–Crippen LogP) is 3.36. The van der Waals surface area contributed by atoms with Gasteiger partial charge in [-0.05, 0) is 23.8 Å². The minimum absolute atomic E-state index is 0.156. The summed E-state index contributed by atoms with van der Waals surface area (Å²) in [5.41, 5.74) is 1.53. The standard InChI is InChI=1S/C13H9ClFN3/c14-11-5-12(15)13(18-8-11)17-7-10-3-1-9(6-16)2-4-10/h1-5,8H,7H2,(H,17,18). The minimum atomic E-state index is -0.490. The SMILES string of the molecule is N#Cc1ccc(CNc2ncc(Cl)cc2F)cc1. The topological polar surface area (TPSA) is 48.7 Å². The Morgan fingerprint density at radius 2 is 2.06 bits per heavy atom.